The second-order valence-corrected chi connectivity index (χ2v) is 5.57. The van der Waals surface area contributed by atoms with Crippen molar-refractivity contribution in [3.05, 3.63) is 66.2 Å². The molecule has 0 heterocycles. The van der Waals surface area contributed by atoms with Crippen LogP contribution in [0.4, 0.5) is 4.48 Å². The first-order chi connectivity index (χ1) is 8.60. The van der Waals surface area contributed by atoms with Crippen LogP contribution in [0.2, 0.25) is 0 Å². The first-order valence-corrected chi connectivity index (χ1v) is 6.82. The molecule has 0 aliphatic heterocycles. The van der Waals surface area contributed by atoms with Gasteiger partial charge >= 0.3 is 0 Å². The van der Waals surface area contributed by atoms with Crippen molar-refractivity contribution in [3.8, 4) is 0 Å². The fourth-order valence-electron chi connectivity index (χ4n) is 1.52. The Kier molecular flexibility index (Phi) is 3.74. The molecule has 5 heteroatoms. The number of rotatable bonds is 4. The predicted molar refractivity (Wildman–Crippen MR) is 66.7 cm³/mol. The zero-order valence-electron chi connectivity index (χ0n) is 9.53. The average molecular weight is 265 g/mol. The topological polar surface area (TPSA) is 37.4 Å². The molecule has 0 bridgehead atoms. The molecule has 0 amide bonds. The second kappa shape index (κ2) is 5.29. The Bertz CT molecular complexity index is 599. The van der Waals surface area contributed by atoms with E-state index in [2.05, 4.69) is 0 Å². The zero-order valence-corrected chi connectivity index (χ0v) is 10.3. The summed E-state index contributed by atoms with van der Waals surface area (Å²) in [7, 11) is -4.07. The van der Waals surface area contributed by atoms with Gasteiger partial charge in [-0.25, -0.2) is 8.42 Å². The van der Waals surface area contributed by atoms with Crippen LogP contribution in [0.15, 0.2) is 65.6 Å². The van der Waals surface area contributed by atoms with Gasteiger partial charge in [-0.3, -0.25) is 0 Å². The van der Waals surface area contributed by atoms with Gasteiger partial charge in [-0.15, -0.1) is 4.48 Å². The van der Waals surface area contributed by atoms with Gasteiger partial charge in [-0.1, -0.05) is 48.5 Å². The molecule has 94 valence electrons. The molecule has 0 saturated carbocycles. The van der Waals surface area contributed by atoms with Gasteiger partial charge in [-0.2, -0.15) is 0 Å². The van der Waals surface area contributed by atoms with Crippen LogP contribution >= 0.6 is 0 Å². The van der Waals surface area contributed by atoms with Crippen molar-refractivity contribution in [1.29, 1.82) is 0 Å². The Morgan fingerprint density at radius 1 is 0.889 bits per heavy atom. The summed E-state index contributed by atoms with van der Waals surface area (Å²) in [6.07, 6.45) is 0. The Balaban J connectivity index is 2.21. The first-order valence-electron chi connectivity index (χ1n) is 5.38. The monoisotopic (exact) mass is 265 g/mol. The molecule has 2 aromatic rings. The van der Waals surface area contributed by atoms with E-state index in [1.807, 2.05) is 0 Å². The van der Waals surface area contributed by atoms with Crippen LogP contribution in [-0.2, 0) is 16.6 Å². The molecule has 0 aliphatic carbocycles. The third kappa shape index (κ3) is 2.75. The van der Waals surface area contributed by atoms with Crippen LogP contribution in [0, 0.1) is 0 Å². The van der Waals surface area contributed by atoms with E-state index < -0.39 is 10.0 Å². The van der Waals surface area contributed by atoms with E-state index in [-0.39, 0.29) is 16.0 Å². The van der Waals surface area contributed by atoms with E-state index >= 15 is 0 Å². The number of sulfonamides is 1. The van der Waals surface area contributed by atoms with Gasteiger partial charge in [-0.05, 0) is 22.2 Å². The Labute approximate surface area is 105 Å². The highest BCUT2D eigenvalue weighted by atomic mass is 32.2. The minimum absolute atomic E-state index is 0.0524. The third-order valence-electron chi connectivity index (χ3n) is 2.45. The van der Waals surface area contributed by atoms with Gasteiger partial charge in [0.05, 0.1) is 11.4 Å². The van der Waals surface area contributed by atoms with Gasteiger partial charge in [0, 0.05) is 0 Å². The molecule has 0 spiro atoms. The van der Waals surface area contributed by atoms with Crippen molar-refractivity contribution < 1.29 is 12.9 Å². The highest BCUT2D eigenvalue weighted by Crippen LogP contribution is 2.18. The molecule has 0 N–H and O–H groups in total. The highest BCUT2D eigenvalue weighted by molar-refractivity contribution is 7.89. The maximum Gasteiger partial charge on any atom is 0.269 e. The molecule has 0 aromatic heterocycles. The Hall–Kier alpha value is -1.72. The largest absolute Gasteiger partial charge is 0.269 e. The molecule has 2 aromatic carbocycles. The molecule has 0 radical (unpaired) electrons. The normalized spacial score (nSPS) is 11.7. The summed E-state index contributed by atoms with van der Waals surface area (Å²) in [5.41, 5.74) is 0.597. The standard InChI is InChI=1S/C13H12FNO2S/c14-15(11-12-7-3-1-4-8-12)18(16,17)13-9-5-2-6-10-13/h1-10H,11H2. The van der Waals surface area contributed by atoms with Gasteiger partial charge < -0.3 is 0 Å². The Morgan fingerprint density at radius 3 is 1.94 bits per heavy atom. The fourth-order valence-corrected chi connectivity index (χ4v) is 2.57. The minimum Gasteiger partial charge on any atom is -0.205 e. The van der Waals surface area contributed by atoms with E-state index in [0.717, 1.165) is 0 Å². The van der Waals surface area contributed by atoms with E-state index in [4.69, 9.17) is 0 Å². The van der Waals surface area contributed by atoms with Gasteiger partial charge in [0.1, 0.15) is 0 Å². The van der Waals surface area contributed by atoms with Crippen LogP contribution < -0.4 is 0 Å². The van der Waals surface area contributed by atoms with Crippen LogP contribution in [0.1, 0.15) is 5.56 Å². The zero-order chi connectivity index (χ0) is 13.0. The van der Waals surface area contributed by atoms with Crippen molar-refractivity contribution in [1.82, 2.24) is 4.53 Å². The molecule has 0 unspecified atom stereocenters. The number of nitrogens with zero attached hydrogens (tertiary/aromatic N) is 1. The molecule has 3 nitrogen and oxygen atoms in total. The summed E-state index contributed by atoms with van der Waals surface area (Å²) < 4.78 is 37.4. The molecule has 0 atom stereocenters. The Morgan fingerprint density at radius 2 is 1.39 bits per heavy atom. The van der Waals surface area contributed by atoms with Crippen LogP contribution in [0.25, 0.3) is 0 Å². The lowest BCUT2D eigenvalue weighted by molar-refractivity contribution is 0.130. The van der Waals surface area contributed by atoms with E-state index in [9.17, 15) is 12.9 Å². The van der Waals surface area contributed by atoms with Crippen LogP contribution in [0.5, 0.6) is 0 Å². The average Bonchev–Trinajstić information content (AvgIpc) is 2.41. The summed E-state index contributed by atoms with van der Waals surface area (Å²) in [6, 6.07) is 16.1. The molecular formula is C13H12FNO2S. The van der Waals surface area contributed by atoms with Crippen molar-refractivity contribution in [2.45, 2.75) is 11.4 Å². The lowest BCUT2D eigenvalue weighted by Crippen LogP contribution is -2.22. The maximum atomic E-state index is 13.8. The maximum absolute atomic E-state index is 13.8. The number of hydrogen-bond acceptors (Lipinski definition) is 2. The second-order valence-electron chi connectivity index (χ2n) is 3.75. The summed E-state index contributed by atoms with van der Waals surface area (Å²) >= 11 is 0. The molecule has 2 rings (SSSR count). The van der Waals surface area contributed by atoms with Crippen LogP contribution in [-0.4, -0.2) is 12.9 Å². The fraction of sp³-hybridized carbons (Fsp3) is 0.0769. The van der Waals surface area contributed by atoms with E-state index in [0.29, 0.717) is 5.56 Å². The molecule has 0 aliphatic rings. The smallest absolute Gasteiger partial charge is 0.205 e. The molecule has 0 fully saturated rings. The lowest BCUT2D eigenvalue weighted by atomic mass is 10.2. The van der Waals surface area contributed by atoms with Gasteiger partial charge in [0.15, 0.2) is 0 Å². The summed E-state index contributed by atoms with van der Waals surface area (Å²) in [5, 5.41) is 0. The summed E-state index contributed by atoms with van der Waals surface area (Å²) in [4.78, 5) is -0.0524. The number of halogens is 1. The van der Waals surface area contributed by atoms with Gasteiger partial charge in [0.25, 0.3) is 10.0 Å². The predicted octanol–water partition coefficient (Wildman–Crippen LogP) is 2.76. The SMILES string of the molecule is O=S(=O)(c1ccccc1)N(F)Cc1ccccc1. The number of benzene rings is 2. The van der Waals surface area contributed by atoms with Crippen molar-refractivity contribution in [2.24, 2.45) is 0 Å². The third-order valence-corrected chi connectivity index (χ3v) is 3.97. The summed E-state index contributed by atoms with van der Waals surface area (Å²) in [5.74, 6) is 0. The molecular weight excluding hydrogens is 253 g/mol. The van der Waals surface area contributed by atoms with E-state index in [1.54, 1.807) is 48.5 Å². The van der Waals surface area contributed by atoms with Gasteiger partial charge in [0.2, 0.25) is 0 Å². The van der Waals surface area contributed by atoms with Crippen molar-refractivity contribution in [2.75, 3.05) is 0 Å². The van der Waals surface area contributed by atoms with Crippen molar-refractivity contribution >= 4 is 10.0 Å². The summed E-state index contributed by atoms with van der Waals surface area (Å²) in [6.45, 7) is -0.294. The molecule has 18 heavy (non-hydrogen) atoms. The lowest BCUT2D eigenvalue weighted by Gasteiger charge is -2.12. The van der Waals surface area contributed by atoms with Crippen molar-refractivity contribution in [3.63, 3.8) is 0 Å². The quantitative estimate of drug-likeness (QED) is 0.797. The van der Waals surface area contributed by atoms with Crippen LogP contribution in [0.3, 0.4) is 0 Å². The highest BCUT2D eigenvalue weighted by Gasteiger charge is 2.24. The van der Waals surface area contributed by atoms with E-state index in [1.165, 1.54) is 12.1 Å². The minimum atomic E-state index is -4.07. The molecule has 0 saturated heterocycles. The number of hydrogen-bond donors (Lipinski definition) is 0. The first kappa shape index (κ1) is 12.7.